The van der Waals surface area contributed by atoms with Crippen molar-refractivity contribution in [3.05, 3.63) is 29.8 Å². The van der Waals surface area contributed by atoms with Crippen LogP contribution in [-0.4, -0.2) is 30.2 Å². The number of nitrogens with one attached hydrogen (secondary N) is 2. The van der Waals surface area contributed by atoms with Gasteiger partial charge in [0.1, 0.15) is 0 Å². The monoisotopic (exact) mass is 262 g/mol. The summed E-state index contributed by atoms with van der Waals surface area (Å²) in [7, 11) is 0. The Bertz CT molecular complexity index is 430. The maximum Gasteiger partial charge on any atom is 0.251 e. The molecule has 1 unspecified atom stereocenters. The zero-order chi connectivity index (χ0) is 13.7. The van der Waals surface area contributed by atoms with E-state index >= 15 is 0 Å². The Morgan fingerprint density at radius 3 is 2.95 bits per heavy atom. The highest BCUT2D eigenvalue weighted by Gasteiger charge is 2.23. The number of rotatable bonds is 7. The highest BCUT2D eigenvalue weighted by Crippen LogP contribution is 2.34. The van der Waals surface area contributed by atoms with Gasteiger partial charge in [0.2, 0.25) is 0 Å². The topological polar surface area (TPSA) is 61.4 Å². The average molecular weight is 262 g/mol. The predicted molar refractivity (Wildman–Crippen MR) is 76.3 cm³/mol. The molecule has 3 N–H and O–H groups in total. The van der Waals surface area contributed by atoms with Crippen LogP contribution in [0.15, 0.2) is 24.3 Å². The minimum atomic E-state index is -0.146. The Balaban J connectivity index is 1.91. The molecule has 1 aliphatic carbocycles. The summed E-state index contributed by atoms with van der Waals surface area (Å²) in [6, 6.07) is 7.93. The van der Waals surface area contributed by atoms with Crippen LogP contribution in [0.4, 0.5) is 5.69 Å². The molecule has 4 nitrogen and oxygen atoms in total. The summed E-state index contributed by atoms with van der Waals surface area (Å²) >= 11 is 0. The summed E-state index contributed by atoms with van der Waals surface area (Å²) in [6.45, 7) is 2.42. The third-order valence-corrected chi connectivity index (χ3v) is 3.32. The van der Waals surface area contributed by atoms with E-state index in [0.717, 1.165) is 11.6 Å². The van der Waals surface area contributed by atoms with Crippen LogP contribution >= 0.6 is 0 Å². The molecule has 1 saturated carbocycles. The molecule has 104 valence electrons. The van der Waals surface area contributed by atoms with E-state index in [0.29, 0.717) is 11.6 Å². The summed E-state index contributed by atoms with van der Waals surface area (Å²) in [6.07, 6.45) is 3.91. The summed E-state index contributed by atoms with van der Waals surface area (Å²) < 4.78 is 0. The van der Waals surface area contributed by atoms with Crippen LogP contribution in [0.5, 0.6) is 0 Å². The lowest BCUT2D eigenvalue weighted by atomic mass is 10.1. The first-order chi connectivity index (χ1) is 9.19. The van der Waals surface area contributed by atoms with Crippen LogP contribution in [-0.2, 0) is 0 Å². The SMILES string of the molecule is CC(CC1CC1)Nc1cccc(C(=O)NCCO)c1. The Hall–Kier alpha value is -1.55. The van der Waals surface area contributed by atoms with Crippen molar-refractivity contribution in [2.45, 2.75) is 32.2 Å². The molecule has 0 radical (unpaired) electrons. The van der Waals surface area contributed by atoms with E-state index in [1.165, 1.54) is 19.3 Å². The minimum absolute atomic E-state index is 0.0396. The Labute approximate surface area is 114 Å². The molecule has 0 aliphatic heterocycles. The van der Waals surface area contributed by atoms with Crippen LogP contribution in [0, 0.1) is 5.92 Å². The number of hydrogen-bond donors (Lipinski definition) is 3. The number of carbonyl (C=O) groups is 1. The molecule has 1 amide bonds. The van der Waals surface area contributed by atoms with Gasteiger partial charge >= 0.3 is 0 Å². The predicted octanol–water partition coefficient (Wildman–Crippen LogP) is 2.01. The van der Waals surface area contributed by atoms with Crippen molar-refractivity contribution in [2.75, 3.05) is 18.5 Å². The molecule has 0 spiro atoms. The molecule has 0 bridgehead atoms. The van der Waals surface area contributed by atoms with Gasteiger partial charge in [0, 0.05) is 23.8 Å². The van der Waals surface area contributed by atoms with Crippen LogP contribution in [0.2, 0.25) is 0 Å². The van der Waals surface area contributed by atoms with Crippen LogP contribution < -0.4 is 10.6 Å². The van der Waals surface area contributed by atoms with Gasteiger partial charge in [-0.25, -0.2) is 0 Å². The van der Waals surface area contributed by atoms with Gasteiger partial charge in [-0.15, -0.1) is 0 Å². The van der Waals surface area contributed by atoms with Crippen molar-refractivity contribution >= 4 is 11.6 Å². The van der Waals surface area contributed by atoms with Crippen LogP contribution in [0.1, 0.15) is 36.5 Å². The lowest BCUT2D eigenvalue weighted by Gasteiger charge is -2.15. The number of carbonyl (C=O) groups excluding carboxylic acids is 1. The first-order valence-electron chi connectivity index (χ1n) is 6.94. The number of hydrogen-bond acceptors (Lipinski definition) is 3. The van der Waals surface area contributed by atoms with Crippen LogP contribution in [0.25, 0.3) is 0 Å². The summed E-state index contributed by atoms with van der Waals surface area (Å²) in [5.41, 5.74) is 1.60. The van der Waals surface area contributed by atoms with Gasteiger partial charge in [0.25, 0.3) is 5.91 Å². The fourth-order valence-electron chi connectivity index (χ4n) is 2.22. The minimum Gasteiger partial charge on any atom is -0.395 e. The van der Waals surface area contributed by atoms with E-state index in [4.69, 9.17) is 5.11 Å². The van der Waals surface area contributed by atoms with E-state index in [2.05, 4.69) is 17.6 Å². The third-order valence-electron chi connectivity index (χ3n) is 3.32. The molecular formula is C15H22N2O2. The second kappa shape index (κ2) is 6.57. The Kier molecular flexibility index (Phi) is 4.80. The number of anilines is 1. The number of benzene rings is 1. The van der Waals surface area contributed by atoms with E-state index in [1.54, 1.807) is 6.07 Å². The summed E-state index contributed by atoms with van der Waals surface area (Å²) in [4.78, 5) is 11.8. The lowest BCUT2D eigenvalue weighted by Crippen LogP contribution is -2.26. The van der Waals surface area contributed by atoms with Gasteiger partial charge in [0.15, 0.2) is 0 Å². The van der Waals surface area contributed by atoms with Gasteiger partial charge in [0.05, 0.1) is 6.61 Å². The van der Waals surface area contributed by atoms with E-state index in [1.807, 2.05) is 18.2 Å². The maximum atomic E-state index is 11.8. The van der Waals surface area contributed by atoms with Gasteiger partial charge in [-0.1, -0.05) is 18.9 Å². The fraction of sp³-hybridized carbons (Fsp3) is 0.533. The molecule has 4 heteroatoms. The molecule has 19 heavy (non-hydrogen) atoms. The molecule has 0 heterocycles. The highest BCUT2D eigenvalue weighted by molar-refractivity contribution is 5.95. The van der Waals surface area contributed by atoms with Crippen molar-refractivity contribution in [1.82, 2.24) is 5.32 Å². The van der Waals surface area contributed by atoms with E-state index in [-0.39, 0.29) is 19.1 Å². The molecule has 1 fully saturated rings. The molecule has 2 rings (SSSR count). The first-order valence-corrected chi connectivity index (χ1v) is 6.94. The van der Waals surface area contributed by atoms with Gasteiger partial charge in [-0.3, -0.25) is 4.79 Å². The second-order valence-corrected chi connectivity index (χ2v) is 5.28. The maximum absolute atomic E-state index is 11.8. The Morgan fingerprint density at radius 1 is 1.47 bits per heavy atom. The highest BCUT2D eigenvalue weighted by atomic mass is 16.3. The molecule has 1 aliphatic rings. The largest absolute Gasteiger partial charge is 0.395 e. The molecule has 1 atom stereocenters. The zero-order valence-electron chi connectivity index (χ0n) is 11.4. The van der Waals surface area contributed by atoms with Gasteiger partial charge in [-0.2, -0.15) is 0 Å². The van der Waals surface area contributed by atoms with Gasteiger partial charge < -0.3 is 15.7 Å². The van der Waals surface area contributed by atoms with Crippen molar-refractivity contribution in [3.8, 4) is 0 Å². The lowest BCUT2D eigenvalue weighted by molar-refractivity contribution is 0.0945. The Morgan fingerprint density at radius 2 is 2.26 bits per heavy atom. The van der Waals surface area contributed by atoms with Crippen LogP contribution in [0.3, 0.4) is 0 Å². The smallest absolute Gasteiger partial charge is 0.251 e. The summed E-state index contributed by atoms with van der Waals surface area (Å²) in [5, 5.41) is 14.8. The molecule has 0 saturated heterocycles. The van der Waals surface area contributed by atoms with Gasteiger partial charge in [-0.05, 0) is 37.5 Å². The van der Waals surface area contributed by atoms with Crippen molar-refractivity contribution in [2.24, 2.45) is 5.92 Å². The third kappa shape index (κ3) is 4.56. The fourth-order valence-corrected chi connectivity index (χ4v) is 2.22. The van der Waals surface area contributed by atoms with Crippen molar-refractivity contribution < 1.29 is 9.90 Å². The van der Waals surface area contributed by atoms with E-state index < -0.39 is 0 Å². The van der Waals surface area contributed by atoms with E-state index in [9.17, 15) is 4.79 Å². The normalized spacial score (nSPS) is 15.9. The number of amides is 1. The van der Waals surface area contributed by atoms with Crippen molar-refractivity contribution in [3.63, 3.8) is 0 Å². The number of aliphatic hydroxyl groups is 1. The molecule has 1 aromatic rings. The molecule has 1 aromatic carbocycles. The second-order valence-electron chi connectivity index (χ2n) is 5.28. The standard InChI is InChI=1S/C15H22N2O2/c1-11(9-12-5-6-12)17-14-4-2-3-13(10-14)15(19)16-7-8-18/h2-4,10-12,17-18H,5-9H2,1H3,(H,16,19). The number of aliphatic hydroxyl groups excluding tert-OH is 1. The molecule has 0 aromatic heterocycles. The first kappa shape index (κ1) is 13.9. The molecular weight excluding hydrogens is 240 g/mol. The quantitative estimate of drug-likeness (QED) is 0.704. The average Bonchev–Trinajstić information content (AvgIpc) is 3.20. The zero-order valence-corrected chi connectivity index (χ0v) is 11.4. The summed E-state index contributed by atoms with van der Waals surface area (Å²) in [5.74, 6) is 0.742. The van der Waals surface area contributed by atoms with Crippen molar-refractivity contribution in [1.29, 1.82) is 0 Å².